The zero-order chi connectivity index (χ0) is 28.2. The van der Waals surface area contributed by atoms with Gasteiger partial charge in [0.2, 0.25) is 0 Å². The van der Waals surface area contributed by atoms with Crippen LogP contribution in [0.15, 0.2) is 10.8 Å². The Balaban J connectivity index is 1.23. The number of carbonyl (C=O) groups excluding carboxylic acids is 4. The van der Waals surface area contributed by atoms with E-state index in [1.165, 1.54) is 27.6 Å². The maximum atomic E-state index is 12.6. The van der Waals surface area contributed by atoms with E-state index < -0.39 is 23.6 Å². The normalized spacial score (nSPS) is 17.1. The third kappa shape index (κ3) is 7.53. The molecule has 0 spiro atoms. The summed E-state index contributed by atoms with van der Waals surface area (Å²) in [6, 6.07) is 0. The van der Waals surface area contributed by atoms with Crippen LogP contribution in [0.2, 0.25) is 0 Å². The first-order valence-electron chi connectivity index (χ1n) is 13.1. The molecule has 0 bridgehead atoms. The van der Waals surface area contributed by atoms with E-state index in [-0.39, 0.29) is 23.6 Å². The maximum absolute atomic E-state index is 12.6. The van der Waals surface area contributed by atoms with Crippen molar-refractivity contribution >= 4 is 46.8 Å². The number of rotatable bonds is 5. The van der Waals surface area contributed by atoms with Crippen LogP contribution in [-0.4, -0.2) is 82.3 Å². The number of nitrogens with zero attached hydrogens (tertiary/aromatic N) is 4. The first-order chi connectivity index (χ1) is 18.5. The Labute approximate surface area is 235 Å². The summed E-state index contributed by atoms with van der Waals surface area (Å²) in [7, 11) is 0. The highest BCUT2D eigenvalue weighted by Crippen LogP contribution is 2.32. The molecule has 2 fully saturated rings. The van der Waals surface area contributed by atoms with Crippen LogP contribution in [0, 0.1) is 0 Å². The molecule has 2 aromatic heterocycles. The van der Waals surface area contributed by atoms with E-state index in [9.17, 15) is 19.2 Å². The van der Waals surface area contributed by atoms with E-state index in [1.54, 1.807) is 22.6 Å². The molecule has 2 aromatic rings. The summed E-state index contributed by atoms with van der Waals surface area (Å²) in [5.41, 5.74) is -0.120. The fourth-order valence-corrected chi connectivity index (χ4v) is 6.40. The quantitative estimate of drug-likeness (QED) is 0.272. The molecule has 2 aliphatic heterocycles. The van der Waals surface area contributed by atoms with Crippen molar-refractivity contribution < 1.29 is 33.4 Å². The van der Waals surface area contributed by atoms with Crippen molar-refractivity contribution in [3.8, 4) is 0 Å². The van der Waals surface area contributed by atoms with Crippen LogP contribution in [0.1, 0.15) is 96.2 Å². The SMILES string of the molecule is CCOC(=O)c1csc(C2CCN(C(=O)OC(=O)c3csc(C4CCN(C(=O)OC(C)(C)C)CC4)n3)CC2)n1. The van der Waals surface area contributed by atoms with Gasteiger partial charge in [0, 0.05) is 48.8 Å². The van der Waals surface area contributed by atoms with Crippen LogP contribution in [0.5, 0.6) is 0 Å². The first-order valence-corrected chi connectivity index (χ1v) is 14.9. The molecule has 212 valence electrons. The number of esters is 2. The number of piperidine rings is 2. The number of hydrogen-bond acceptors (Lipinski definition) is 11. The van der Waals surface area contributed by atoms with Gasteiger partial charge < -0.3 is 24.0 Å². The Hall–Kier alpha value is -3.06. The van der Waals surface area contributed by atoms with Crippen molar-refractivity contribution in [3.05, 3.63) is 32.2 Å². The van der Waals surface area contributed by atoms with Gasteiger partial charge in [-0.15, -0.1) is 22.7 Å². The van der Waals surface area contributed by atoms with Crippen molar-refractivity contribution in [1.29, 1.82) is 0 Å². The van der Waals surface area contributed by atoms with Crippen LogP contribution in [0.25, 0.3) is 0 Å². The standard InChI is InChI=1S/C26H34N4O7S2/c1-5-35-22(31)18-14-38-20(27-18)16-6-10-29(11-7-16)24(33)36-23(32)19-15-39-21(28-19)17-8-12-30(13-9-17)25(34)37-26(2,3)4/h14-17H,5-13H2,1-4H3. The Morgan fingerprint density at radius 3 is 1.74 bits per heavy atom. The molecule has 4 rings (SSSR count). The molecule has 0 saturated carbocycles. The van der Waals surface area contributed by atoms with Gasteiger partial charge in [0.1, 0.15) is 5.60 Å². The lowest BCUT2D eigenvalue weighted by molar-refractivity contribution is 0.0204. The first kappa shape index (κ1) is 28.9. The van der Waals surface area contributed by atoms with E-state index in [0.29, 0.717) is 51.3 Å². The van der Waals surface area contributed by atoms with Crippen LogP contribution < -0.4 is 0 Å². The van der Waals surface area contributed by atoms with Crippen LogP contribution in [0.3, 0.4) is 0 Å². The Morgan fingerprint density at radius 1 is 0.821 bits per heavy atom. The number of thiazole rings is 2. The van der Waals surface area contributed by atoms with Gasteiger partial charge in [0.05, 0.1) is 16.6 Å². The maximum Gasteiger partial charge on any atom is 0.417 e. The monoisotopic (exact) mass is 578 g/mol. The summed E-state index contributed by atoms with van der Waals surface area (Å²) in [6.07, 6.45) is 1.74. The molecule has 0 N–H and O–H groups in total. The lowest BCUT2D eigenvalue weighted by Gasteiger charge is -2.32. The van der Waals surface area contributed by atoms with Gasteiger partial charge in [-0.2, -0.15) is 0 Å². The molecule has 0 unspecified atom stereocenters. The van der Waals surface area contributed by atoms with Gasteiger partial charge in [0.25, 0.3) is 0 Å². The minimum atomic E-state index is -0.769. The Kier molecular flexibility index (Phi) is 9.21. The zero-order valence-corrected chi connectivity index (χ0v) is 24.3. The summed E-state index contributed by atoms with van der Waals surface area (Å²) < 4.78 is 15.6. The lowest BCUT2D eigenvalue weighted by atomic mass is 9.98. The number of hydrogen-bond donors (Lipinski definition) is 0. The molecule has 11 nitrogen and oxygen atoms in total. The molecule has 13 heteroatoms. The van der Waals surface area contributed by atoms with Gasteiger partial charge in [-0.1, -0.05) is 0 Å². The summed E-state index contributed by atoms with van der Waals surface area (Å²) in [4.78, 5) is 61.5. The average molecular weight is 579 g/mol. The predicted molar refractivity (Wildman–Crippen MR) is 144 cm³/mol. The van der Waals surface area contributed by atoms with E-state index in [2.05, 4.69) is 9.97 Å². The van der Waals surface area contributed by atoms with E-state index in [4.69, 9.17) is 14.2 Å². The number of carbonyl (C=O) groups is 4. The summed E-state index contributed by atoms with van der Waals surface area (Å²) >= 11 is 2.77. The second-order valence-corrected chi connectivity index (χ2v) is 12.3. The summed E-state index contributed by atoms with van der Waals surface area (Å²) in [6.45, 7) is 9.51. The molecular formula is C26H34N4O7S2. The highest BCUT2D eigenvalue weighted by atomic mass is 32.1. The van der Waals surface area contributed by atoms with Crippen molar-refractivity contribution in [2.75, 3.05) is 32.8 Å². The van der Waals surface area contributed by atoms with Crippen molar-refractivity contribution in [2.45, 2.75) is 70.8 Å². The van der Waals surface area contributed by atoms with Gasteiger partial charge >= 0.3 is 24.1 Å². The topological polar surface area (TPSA) is 128 Å². The number of aromatic nitrogens is 2. The minimum Gasteiger partial charge on any atom is -0.461 e. The summed E-state index contributed by atoms with van der Waals surface area (Å²) in [5, 5.41) is 4.94. The van der Waals surface area contributed by atoms with Crippen molar-refractivity contribution in [2.24, 2.45) is 0 Å². The Morgan fingerprint density at radius 2 is 1.28 bits per heavy atom. The van der Waals surface area contributed by atoms with Gasteiger partial charge in [-0.3, -0.25) is 0 Å². The van der Waals surface area contributed by atoms with E-state index >= 15 is 0 Å². The molecule has 39 heavy (non-hydrogen) atoms. The van der Waals surface area contributed by atoms with E-state index in [0.717, 1.165) is 22.9 Å². The van der Waals surface area contributed by atoms with Gasteiger partial charge in [-0.25, -0.2) is 29.1 Å². The fourth-order valence-electron chi connectivity index (χ4n) is 4.48. The van der Waals surface area contributed by atoms with E-state index in [1.807, 2.05) is 20.8 Å². The smallest absolute Gasteiger partial charge is 0.417 e. The van der Waals surface area contributed by atoms with Gasteiger partial charge in [0.15, 0.2) is 11.4 Å². The van der Waals surface area contributed by atoms with Crippen molar-refractivity contribution in [1.82, 2.24) is 19.8 Å². The second kappa shape index (κ2) is 12.4. The predicted octanol–water partition coefficient (Wildman–Crippen LogP) is 5.05. The number of amides is 2. The third-order valence-corrected chi connectivity index (χ3v) is 8.53. The number of likely N-dealkylation sites (tertiary alicyclic amines) is 2. The molecular weight excluding hydrogens is 544 g/mol. The highest BCUT2D eigenvalue weighted by molar-refractivity contribution is 7.10. The minimum absolute atomic E-state index is 0.113. The molecule has 2 aliphatic rings. The molecule has 0 aliphatic carbocycles. The third-order valence-electron chi connectivity index (χ3n) is 6.52. The molecule has 0 radical (unpaired) electrons. The second-order valence-electron chi connectivity index (χ2n) is 10.5. The molecule has 0 aromatic carbocycles. The lowest BCUT2D eigenvalue weighted by Crippen LogP contribution is -2.41. The summed E-state index contributed by atoms with van der Waals surface area (Å²) in [5.74, 6) is -0.952. The molecule has 0 atom stereocenters. The van der Waals surface area contributed by atoms with Crippen LogP contribution in [-0.2, 0) is 14.2 Å². The molecule has 2 saturated heterocycles. The fraction of sp³-hybridized carbons (Fsp3) is 0.615. The highest BCUT2D eigenvalue weighted by Gasteiger charge is 2.31. The van der Waals surface area contributed by atoms with Crippen LogP contribution >= 0.6 is 22.7 Å². The Bertz CT molecular complexity index is 1190. The molecule has 4 heterocycles. The average Bonchev–Trinajstić information content (AvgIpc) is 3.59. The largest absolute Gasteiger partial charge is 0.461 e. The van der Waals surface area contributed by atoms with Crippen molar-refractivity contribution in [3.63, 3.8) is 0 Å². The van der Waals surface area contributed by atoms with Gasteiger partial charge in [-0.05, 0) is 53.4 Å². The molecule has 2 amide bonds. The zero-order valence-electron chi connectivity index (χ0n) is 22.6. The number of ether oxygens (including phenoxy) is 3. The van der Waals surface area contributed by atoms with Crippen LogP contribution in [0.4, 0.5) is 9.59 Å².